The summed E-state index contributed by atoms with van der Waals surface area (Å²) >= 11 is 17.4. The van der Waals surface area contributed by atoms with Crippen LogP contribution in [0.4, 0.5) is 0 Å². The molecule has 0 aromatic heterocycles. The largest absolute Gasteiger partial charge is 0.455 e. The minimum atomic E-state index is 0.717. The molecule has 94 valence electrons. The molecule has 0 atom stereocenters. The number of ether oxygens (including phenoxy) is 1. The molecule has 0 heterocycles. The van der Waals surface area contributed by atoms with Gasteiger partial charge < -0.3 is 4.74 Å². The summed E-state index contributed by atoms with van der Waals surface area (Å²) in [4.78, 5) is 0. The van der Waals surface area contributed by atoms with E-state index in [2.05, 4.69) is 79.6 Å². The maximum absolute atomic E-state index is 5.90. The highest BCUT2D eigenvalue weighted by molar-refractivity contribution is 9.14. The maximum Gasteiger partial charge on any atom is 0.158 e. The van der Waals surface area contributed by atoms with Crippen molar-refractivity contribution in [1.82, 2.24) is 0 Å². The molecule has 6 heteroatoms. The van der Waals surface area contributed by atoms with Crippen LogP contribution in [0.25, 0.3) is 0 Å². The highest BCUT2D eigenvalue weighted by atomic mass is 79.9. The molecule has 2 aromatic carbocycles. The molecule has 0 fully saturated rings. The monoisotopic (exact) mass is 560 g/mol. The van der Waals surface area contributed by atoms with Gasteiger partial charge in [-0.3, -0.25) is 0 Å². The lowest BCUT2D eigenvalue weighted by atomic mass is 10.3. The highest BCUT2D eigenvalue weighted by Gasteiger charge is 2.14. The smallest absolute Gasteiger partial charge is 0.158 e. The Kier molecular flexibility index (Phi) is 5.34. The van der Waals surface area contributed by atoms with E-state index in [-0.39, 0.29) is 0 Å². The highest BCUT2D eigenvalue weighted by Crippen LogP contribution is 2.45. The van der Waals surface area contributed by atoms with Crippen molar-refractivity contribution in [2.75, 3.05) is 0 Å². The Morgan fingerprint density at radius 3 is 1.94 bits per heavy atom. The Hall–Kier alpha value is 0.640. The van der Waals surface area contributed by atoms with E-state index in [4.69, 9.17) is 4.74 Å². The van der Waals surface area contributed by atoms with Crippen LogP contribution in [-0.4, -0.2) is 0 Å². The van der Waals surface area contributed by atoms with Crippen LogP contribution < -0.4 is 4.74 Å². The first-order valence-electron chi connectivity index (χ1n) is 4.75. The number of hydrogen-bond acceptors (Lipinski definition) is 1. The second-order valence-electron chi connectivity index (χ2n) is 3.36. The van der Waals surface area contributed by atoms with Gasteiger partial charge in [0.15, 0.2) is 5.75 Å². The minimum Gasteiger partial charge on any atom is -0.455 e. The summed E-state index contributed by atoms with van der Waals surface area (Å²) in [6.07, 6.45) is 0. The third kappa shape index (κ3) is 3.39. The molecular weight excluding hydrogens is 560 g/mol. The van der Waals surface area contributed by atoms with Crippen molar-refractivity contribution in [2.24, 2.45) is 0 Å². The fourth-order valence-corrected chi connectivity index (χ4v) is 3.85. The molecule has 0 unspecified atom stereocenters. The van der Waals surface area contributed by atoms with Gasteiger partial charge >= 0.3 is 0 Å². The third-order valence-corrected chi connectivity index (χ3v) is 6.47. The second-order valence-corrected chi connectivity index (χ2v) is 7.57. The molecule has 0 saturated heterocycles. The molecule has 0 bridgehead atoms. The van der Waals surface area contributed by atoms with Gasteiger partial charge in [-0.1, -0.05) is 22.0 Å². The van der Waals surface area contributed by atoms with Gasteiger partial charge in [0.05, 0.1) is 8.95 Å². The first-order chi connectivity index (χ1) is 8.49. The van der Waals surface area contributed by atoms with Crippen LogP contribution in [0.2, 0.25) is 0 Å². The average Bonchev–Trinajstić information content (AvgIpc) is 2.32. The number of rotatable bonds is 2. The second kappa shape index (κ2) is 6.39. The molecule has 0 aliphatic rings. The Labute approximate surface area is 147 Å². The van der Waals surface area contributed by atoms with Gasteiger partial charge in [-0.25, -0.2) is 0 Å². The number of halogens is 5. The molecule has 1 nitrogen and oxygen atoms in total. The zero-order chi connectivity index (χ0) is 13.3. The van der Waals surface area contributed by atoms with Crippen LogP contribution in [0.3, 0.4) is 0 Å². The van der Waals surface area contributed by atoms with E-state index in [1.54, 1.807) is 0 Å². The summed E-state index contributed by atoms with van der Waals surface area (Å²) in [5.74, 6) is 1.48. The summed E-state index contributed by atoms with van der Waals surface area (Å²) in [6, 6.07) is 9.64. The molecule has 0 N–H and O–H groups in total. The normalized spacial score (nSPS) is 10.5. The van der Waals surface area contributed by atoms with Gasteiger partial charge in [-0.2, -0.15) is 0 Å². The van der Waals surface area contributed by atoms with E-state index >= 15 is 0 Å². The SMILES string of the molecule is Brc1cccc(Oc2c(Br)c(Br)cc(Br)c2Br)c1. The van der Waals surface area contributed by atoms with Crippen LogP contribution in [0.15, 0.2) is 52.7 Å². The summed E-state index contributed by atoms with van der Waals surface area (Å²) < 4.78 is 10.4. The van der Waals surface area contributed by atoms with E-state index in [1.807, 2.05) is 30.3 Å². The van der Waals surface area contributed by atoms with E-state index < -0.39 is 0 Å². The predicted molar refractivity (Wildman–Crippen MR) is 91.5 cm³/mol. The first kappa shape index (κ1) is 15.0. The minimum absolute atomic E-state index is 0.717. The molecular formula is C12H5Br5O. The molecule has 0 saturated carbocycles. The van der Waals surface area contributed by atoms with Crippen LogP contribution in [0.1, 0.15) is 0 Å². The van der Waals surface area contributed by atoms with Crippen molar-refractivity contribution in [2.45, 2.75) is 0 Å². The van der Waals surface area contributed by atoms with Gasteiger partial charge in [0.1, 0.15) is 5.75 Å². The van der Waals surface area contributed by atoms with Crippen molar-refractivity contribution < 1.29 is 4.74 Å². The summed E-state index contributed by atoms with van der Waals surface area (Å²) in [6.45, 7) is 0. The van der Waals surface area contributed by atoms with Crippen molar-refractivity contribution >= 4 is 79.6 Å². The van der Waals surface area contributed by atoms with Crippen LogP contribution >= 0.6 is 79.6 Å². The predicted octanol–water partition coefficient (Wildman–Crippen LogP) is 7.29. The van der Waals surface area contributed by atoms with E-state index in [9.17, 15) is 0 Å². The molecule has 0 aliphatic heterocycles. The van der Waals surface area contributed by atoms with Crippen molar-refractivity contribution in [3.63, 3.8) is 0 Å². The summed E-state index contributed by atoms with van der Waals surface area (Å²) in [5, 5.41) is 0. The standard InChI is InChI=1S/C12H5Br5O/c13-6-2-1-3-7(4-6)18-12-10(16)8(14)5-9(15)11(12)17/h1-5H. The van der Waals surface area contributed by atoms with Gasteiger partial charge in [0.2, 0.25) is 0 Å². The van der Waals surface area contributed by atoms with Crippen molar-refractivity contribution in [1.29, 1.82) is 0 Å². The Bertz CT molecular complexity index is 571. The molecule has 2 aromatic rings. The molecule has 0 amide bonds. The topological polar surface area (TPSA) is 9.23 Å². The van der Waals surface area contributed by atoms with E-state index in [0.29, 0.717) is 5.75 Å². The lowest BCUT2D eigenvalue weighted by Gasteiger charge is -2.12. The fraction of sp³-hybridized carbons (Fsp3) is 0. The van der Waals surface area contributed by atoms with E-state index in [0.717, 1.165) is 28.1 Å². The Morgan fingerprint density at radius 1 is 0.778 bits per heavy atom. The molecule has 2 rings (SSSR count). The van der Waals surface area contributed by atoms with Crippen LogP contribution in [-0.2, 0) is 0 Å². The first-order valence-corrected chi connectivity index (χ1v) is 8.72. The van der Waals surface area contributed by atoms with Gasteiger partial charge in [0, 0.05) is 13.4 Å². The molecule has 18 heavy (non-hydrogen) atoms. The van der Waals surface area contributed by atoms with Gasteiger partial charge in [0.25, 0.3) is 0 Å². The third-order valence-electron chi connectivity index (χ3n) is 2.09. The lowest BCUT2D eigenvalue weighted by molar-refractivity contribution is 0.475. The van der Waals surface area contributed by atoms with Gasteiger partial charge in [-0.05, 0) is 88.0 Å². The summed E-state index contributed by atoms with van der Waals surface area (Å²) in [7, 11) is 0. The molecule has 0 spiro atoms. The van der Waals surface area contributed by atoms with Gasteiger partial charge in [-0.15, -0.1) is 0 Å². The van der Waals surface area contributed by atoms with Crippen molar-refractivity contribution in [3.05, 3.63) is 52.7 Å². The Balaban J connectivity index is 2.46. The van der Waals surface area contributed by atoms with E-state index in [1.165, 1.54) is 0 Å². The summed E-state index contributed by atoms with van der Waals surface area (Å²) in [5.41, 5.74) is 0. The zero-order valence-corrected chi connectivity index (χ0v) is 16.6. The molecule has 0 radical (unpaired) electrons. The van der Waals surface area contributed by atoms with Crippen LogP contribution in [0.5, 0.6) is 11.5 Å². The quantitative estimate of drug-likeness (QED) is 0.348. The average molecular weight is 565 g/mol. The maximum atomic E-state index is 5.90. The molecule has 0 aliphatic carbocycles. The van der Waals surface area contributed by atoms with Crippen LogP contribution in [0, 0.1) is 0 Å². The number of benzene rings is 2. The lowest BCUT2D eigenvalue weighted by Crippen LogP contribution is -1.89. The van der Waals surface area contributed by atoms with Crippen molar-refractivity contribution in [3.8, 4) is 11.5 Å². The number of hydrogen-bond donors (Lipinski definition) is 0. The fourth-order valence-electron chi connectivity index (χ4n) is 1.29. The Morgan fingerprint density at radius 2 is 1.39 bits per heavy atom. The zero-order valence-electron chi connectivity index (χ0n) is 8.68.